The maximum Gasteiger partial charge on any atom is 0.323 e. The van der Waals surface area contributed by atoms with Crippen LogP contribution in [-0.4, -0.2) is 81.5 Å². The Morgan fingerprint density at radius 1 is 0.943 bits per heavy atom. The third-order valence-electron chi connectivity index (χ3n) is 9.15. The van der Waals surface area contributed by atoms with Crippen LogP contribution in [0.25, 0.3) is 22.2 Å². The van der Waals surface area contributed by atoms with E-state index in [1.54, 1.807) is 42.5 Å². The van der Waals surface area contributed by atoms with Gasteiger partial charge in [0.2, 0.25) is 0 Å². The molecule has 1 aromatic heterocycles. The van der Waals surface area contributed by atoms with E-state index in [4.69, 9.17) is 30.4 Å². The number of aliphatic hydroxyl groups excluding tert-OH is 2. The van der Waals surface area contributed by atoms with Crippen molar-refractivity contribution < 1.29 is 43.3 Å². The third kappa shape index (κ3) is 10.2. The fraction of sp³-hybridized carbons (Fsp3) is 0.359. The summed E-state index contributed by atoms with van der Waals surface area (Å²) < 4.78 is 38.9. The molecule has 6 rings (SSSR count). The van der Waals surface area contributed by atoms with E-state index in [-0.39, 0.29) is 36.6 Å². The molecule has 4 aromatic carbocycles. The van der Waals surface area contributed by atoms with Crippen LogP contribution >= 0.6 is 11.6 Å². The summed E-state index contributed by atoms with van der Waals surface area (Å²) in [5.41, 5.74) is 3.82. The summed E-state index contributed by atoms with van der Waals surface area (Å²) >= 11 is 6.62. The molecule has 1 aliphatic heterocycles. The van der Waals surface area contributed by atoms with Gasteiger partial charge < -0.3 is 34.4 Å². The highest BCUT2D eigenvalue weighted by molar-refractivity contribution is 6.32. The van der Waals surface area contributed by atoms with Crippen LogP contribution in [0.4, 0.5) is 4.39 Å². The Bertz CT molecular complexity index is 1990. The van der Waals surface area contributed by atoms with Gasteiger partial charge in [0.05, 0.1) is 24.3 Å². The predicted octanol–water partition coefficient (Wildman–Crippen LogP) is 5.99. The van der Waals surface area contributed by atoms with Gasteiger partial charge in [0.25, 0.3) is 0 Å². The first-order chi connectivity index (χ1) is 25.8. The lowest BCUT2D eigenvalue weighted by molar-refractivity contribution is -0.140. The summed E-state index contributed by atoms with van der Waals surface area (Å²) in [5.74, 6) is -0.414. The molecule has 0 saturated carbocycles. The minimum absolute atomic E-state index is 0.0168. The molecule has 5 aromatic rings. The molecule has 280 valence electrons. The quantitative estimate of drug-likeness (QED) is 0.0777. The van der Waals surface area contributed by atoms with Gasteiger partial charge in [-0.05, 0) is 84.0 Å². The van der Waals surface area contributed by atoms with Crippen molar-refractivity contribution in [1.29, 1.82) is 0 Å². The summed E-state index contributed by atoms with van der Waals surface area (Å²) in [4.78, 5) is 13.9. The molecule has 53 heavy (non-hydrogen) atoms. The molecule has 0 bridgehead atoms. The van der Waals surface area contributed by atoms with Crippen molar-refractivity contribution in [2.24, 2.45) is 0 Å². The van der Waals surface area contributed by atoms with E-state index in [2.05, 4.69) is 20.5 Å². The Balaban J connectivity index is 1.11. The number of aromatic nitrogens is 2. The van der Waals surface area contributed by atoms with Gasteiger partial charge in [0.15, 0.2) is 0 Å². The van der Waals surface area contributed by atoms with E-state index in [1.165, 1.54) is 0 Å². The number of carbonyl (C=O) groups is 1. The number of carboxylic acids is 1. The first-order valence-electron chi connectivity index (χ1n) is 17.5. The second kappa shape index (κ2) is 18.3. The first kappa shape index (κ1) is 38.0. The number of fused-ring (bicyclic) bond motifs is 1. The average Bonchev–Trinajstić information content (AvgIpc) is 3.63. The van der Waals surface area contributed by atoms with Gasteiger partial charge in [-0.25, -0.2) is 9.02 Å². The van der Waals surface area contributed by atoms with E-state index >= 15 is 4.39 Å². The van der Waals surface area contributed by atoms with Gasteiger partial charge in [-0.15, -0.1) is 0 Å². The van der Waals surface area contributed by atoms with Crippen LogP contribution in [0, 0.1) is 5.82 Å². The zero-order chi connectivity index (χ0) is 37.2. The molecule has 0 radical (unpaired) electrons. The molecule has 1 aliphatic rings. The zero-order valence-corrected chi connectivity index (χ0v) is 29.8. The van der Waals surface area contributed by atoms with E-state index in [9.17, 15) is 20.1 Å². The fourth-order valence-corrected chi connectivity index (χ4v) is 6.34. The molecule has 0 aliphatic carbocycles. The molecule has 12 nitrogen and oxygen atoms in total. The highest BCUT2D eigenvalue weighted by atomic mass is 35.5. The standard InChI is InChI=1S/C39H42ClFN4O8/c40-32-19-28(21-42-35(22-46)39(48)49)36(51-23-25-9-10-33-34(17-25)44-53-43-33)20-37(32)52-24-27-6-4-8-31(38(27)41)26-5-3-7-30(18-26)50-16-2-1-13-45-14-11-29(47)12-15-45/h3-10,17-20,29,35,42,46-47H,1-2,11-16,21-24H2,(H,48,49)/t35-/m1/s1. The molecule has 1 atom stereocenters. The number of likely N-dealkylation sites (tertiary alicyclic amines) is 1. The van der Waals surface area contributed by atoms with Gasteiger partial charge in [-0.3, -0.25) is 10.1 Å². The van der Waals surface area contributed by atoms with Gasteiger partial charge in [-0.2, -0.15) is 0 Å². The number of unbranched alkanes of at least 4 members (excludes halogenated alkanes) is 1. The number of aliphatic carboxylic acids is 1. The number of nitrogens with zero attached hydrogens (tertiary/aromatic N) is 3. The molecule has 4 N–H and O–H groups in total. The van der Waals surface area contributed by atoms with Crippen LogP contribution in [0.3, 0.4) is 0 Å². The molecular weight excluding hydrogens is 707 g/mol. The first-order valence-corrected chi connectivity index (χ1v) is 17.9. The van der Waals surface area contributed by atoms with E-state index in [0.29, 0.717) is 51.4 Å². The maximum atomic E-state index is 16.0. The van der Waals surface area contributed by atoms with Crippen LogP contribution in [0.15, 0.2) is 77.4 Å². The van der Waals surface area contributed by atoms with Gasteiger partial charge in [0.1, 0.15) is 53.4 Å². The predicted molar refractivity (Wildman–Crippen MR) is 196 cm³/mol. The molecular formula is C39H42ClFN4O8. The number of hydrogen-bond acceptors (Lipinski definition) is 11. The average molecular weight is 749 g/mol. The lowest BCUT2D eigenvalue weighted by Crippen LogP contribution is -2.39. The molecule has 2 heterocycles. The number of aliphatic hydroxyl groups is 2. The third-order valence-corrected chi connectivity index (χ3v) is 9.44. The van der Waals surface area contributed by atoms with Crippen molar-refractivity contribution in [2.75, 3.05) is 32.8 Å². The number of rotatable bonds is 18. The summed E-state index contributed by atoms with van der Waals surface area (Å²) in [6, 6.07) is 19.7. The van der Waals surface area contributed by atoms with Crippen LogP contribution in [-0.2, 0) is 24.6 Å². The van der Waals surface area contributed by atoms with Crippen LogP contribution in [0.5, 0.6) is 17.2 Å². The number of piperidine rings is 1. The van der Waals surface area contributed by atoms with Crippen molar-refractivity contribution in [3.8, 4) is 28.4 Å². The molecule has 0 amide bonds. The summed E-state index contributed by atoms with van der Waals surface area (Å²) in [7, 11) is 0. The molecule has 1 fully saturated rings. The SMILES string of the molecule is O=C(O)[C@@H](CO)NCc1cc(Cl)c(OCc2cccc(-c3cccc(OCCCCN4CCC(O)CC4)c3)c2F)cc1OCc1ccc2nonc2c1. The smallest absolute Gasteiger partial charge is 0.323 e. The normalized spacial score (nSPS) is 14.3. The largest absolute Gasteiger partial charge is 0.494 e. The Morgan fingerprint density at radius 2 is 1.74 bits per heavy atom. The second-order valence-corrected chi connectivity index (χ2v) is 13.4. The highest BCUT2D eigenvalue weighted by Gasteiger charge is 2.20. The van der Waals surface area contributed by atoms with Crippen molar-refractivity contribution in [3.05, 3.63) is 100 Å². The number of halogens is 2. The topological polar surface area (TPSA) is 160 Å². The van der Waals surface area contributed by atoms with Crippen LogP contribution < -0.4 is 19.5 Å². The van der Waals surface area contributed by atoms with E-state index < -0.39 is 24.4 Å². The second-order valence-electron chi connectivity index (χ2n) is 12.9. The monoisotopic (exact) mass is 748 g/mol. The van der Waals surface area contributed by atoms with Gasteiger partial charge in [-0.1, -0.05) is 48.0 Å². The lowest BCUT2D eigenvalue weighted by Gasteiger charge is -2.29. The van der Waals surface area contributed by atoms with Crippen molar-refractivity contribution in [1.82, 2.24) is 20.5 Å². The number of ether oxygens (including phenoxy) is 3. The number of carboxylic acid groups (broad SMARTS) is 1. The number of benzene rings is 4. The summed E-state index contributed by atoms with van der Waals surface area (Å²) in [5, 5.41) is 39.2. The molecule has 0 unspecified atom stereocenters. The van der Waals surface area contributed by atoms with Crippen molar-refractivity contribution in [3.63, 3.8) is 0 Å². The Morgan fingerprint density at radius 3 is 2.55 bits per heavy atom. The maximum absolute atomic E-state index is 16.0. The minimum Gasteiger partial charge on any atom is -0.494 e. The Labute approximate surface area is 311 Å². The lowest BCUT2D eigenvalue weighted by atomic mass is 10.0. The number of hydrogen-bond donors (Lipinski definition) is 4. The van der Waals surface area contributed by atoms with E-state index in [0.717, 1.165) is 50.9 Å². The summed E-state index contributed by atoms with van der Waals surface area (Å²) in [6.07, 6.45) is 3.37. The van der Waals surface area contributed by atoms with Crippen LogP contribution in [0.2, 0.25) is 5.02 Å². The Kier molecular flexibility index (Phi) is 13.1. The zero-order valence-electron chi connectivity index (χ0n) is 29.0. The van der Waals surface area contributed by atoms with Crippen LogP contribution in [0.1, 0.15) is 42.4 Å². The Hall–Kier alpha value is -4.79. The fourth-order valence-electron chi connectivity index (χ4n) is 6.09. The molecule has 1 saturated heterocycles. The van der Waals surface area contributed by atoms with Crippen molar-refractivity contribution >= 4 is 28.6 Å². The van der Waals surface area contributed by atoms with Gasteiger partial charge in [0, 0.05) is 42.4 Å². The molecule has 14 heteroatoms. The number of nitrogens with one attached hydrogen (secondary N) is 1. The van der Waals surface area contributed by atoms with E-state index in [1.807, 2.05) is 30.3 Å². The minimum atomic E-state index is -1.21. The van der Waals surface area contributed by atoms with Crippen molar-refractivity contribution in [2.45, 2.75) is 57.6 Å². The van der Waals surface area contributed by atoms with Gasteiger partial charge >= 0.3 is 5.97 Å². The molecule has 0 spiro atoms. The summed E-state index contributed by atoms with van der Waals surface area (Å²) in [6.45, 7) is 2.77. The highest BCUT2D eigenvalue weighted by Crippen LogP contribution is 2.35.